The van der Waals surface area contributed by atoms with E-state index in [0.29, 0.717) is 5.54 Å². The molecule has 0 atom stereocenters. The van der Waals surface area contributed by atoms with Crippen molar-refractivity contribution in [1.29, 1.82) is 0 Å². The molecule has 1 saturated carbocycles. The smallest absolute Gasteiger partial charge is 0.0199 e. The van der Waals surface area contributed by atoms with Gasteiger partial charge in [0.1, 0.15) is 0 Å². The average Bonchev–Trinajstić information content (AvgIpc) is 2.37. The van der Waals surface area contributed by atoms with E-state index in [1.807, 2.05) is 13.8 Å². The number of piperidine rings is 1. The van der Waals surface area contributed by atoms with E-state index in [0.717, 1.165) is 11.8 Å². The molecule has 0 aromatic heterocycles. The normalized spacial score (nSPS) is 33.1. The molecule has 1 N–H and O–H groups in total. The minimum Gasteiger partial charge on any atom is -0.311 e. The second kappa shape index (κ2) is 9.04. The van der Waals surface area contributed by atoms with Crippen LogP contribution in [0.4, 0.5) is 0 Å². The molecule has 0 amide bonds. The van der Waals surface area contributed by atoms with E-state index in [1.54, 1.807) is 0 Å². The van der Waals surface area contributed by atoms with Crippen molar-refractivity contribution < 1.29 is 0 Å². The Hall–Kier alpha value is -0.0800. The zero-order valence-corrected chi connectivity index (χ0v) is 14.7. The summed E-state index contributed by atoms with van der Waals surface area (Å²) in [6.45, 7) is 16.0. The molecule has 0 aromatic carbocycles. The van der Waals surface area contributed by atoms with Crippen LogP contribution >= 0.6 is 0 Å². The van der Waals surface area contributed by atoms with Gasteiger partial charge in [0.2, 0.25) is 0 Å². The summed E-state index contributed by atoms with van der Waals surface area (Å²) in [7, 11) is 0. The van der Waals surface area contributed by atoms with Gasteiger partial charge in [-0.1, -0.05) is 41.0 Å². The number of rotatable bonds is 2. The summed E-state index contributed by atoms with van der Waals surface area (Å²) < 4.78 is 0. The van der Waals surface area contributed by atoms with E-state index in [9.17, 15) is 0 Å². The molecule has 0 radical (unpaired) electrons. The lowest BCUT2D eigenvalue weighted by molar-refractivity contribution is 0.0136. The third-order valence-electron chi connectivity index (χ3n) is 4.86. The monoisotopic (exact) mass is 282 g/mol. The Morgan fingerprint density at radius 1 is 1.10 bits per heavy atom. The fraction of sp³-hybridized carbons (Fsp3) is 1.00. The largest absolute Gasteiger partial charge is 0.311 e. The van der Waals surface area contributed by atoms with Crippen LogP contribution in [-0.2, 0) is 0 Å². The van der Waals surface area contributed by atoms with E-state index in [1.165, 1.54) is 64.7 Å². The number of nitrogens with one attached hydrogen (secondary N) is 1. The molecule has 2 saturated heterocycles. The van der Waals surface area contributed by atoms with Gasteiger partial charge in [0.15, 0.2) is 0 Å². The lowest BCUT2D eigenvalue weighted by Gasteiger charge is -2.56. The molecule has 0 unspecified atom stereocenters. The van der Waals surface area contributed by atoms with Crippen LogP contribution in [0.2, 0.25) is 0 Å². The van der Waals surface area contributed by atoms with Crippen LogP contribution in [0.1, 0.15) is 73.1 Å². The highest BCUT2D eigenvalue weighted by molar-refractivity contribution is 5.07. The Labute approximate surface area is 127 Å². The number of likely N-dealkylation sites (tertiary alicyclic amines) is 1. The SMILES string of the molecule is CC.CC1CCN(CC2CC3(CCN3)C2)CC1.CCC. The van der Waals surface area contributed by atoms with Crippen LogP contribution in [0.5, 0.6) is 0 Å². The molecule has 1 spiro atoms. The van der Waals surface area contributed by atoms with E-state index < -0.39 is 0 Å². The molecule has 0 bridgehead atoms. The second-order valence-corrected chi connectivity index (χ2v) is 6.92. The number of hydrogen-bond donors (Lipinski definition) is 1. The van der Waals surface area contributed by atoms with Gasteiger partial charge in [-0.25, -0.2) is 0 Å². The molecular weight excluding hydrogens is 244 g/mol. The van der Waals surface area contributed by atoms with E-state index in [-0.39, 0.29) is 0 Å². The Morgan fingerprint density at radius 3 is 2.00 bits per heavy atom. The Morgan fingerprint density at radius 2 is 1.60 bits per heavy atom. The van der Waals surface area contributed by atoms with Crippen molar-refractivity contribution in [2.75, 3.05) is 26.2 Å². The van der Waals surface area contributed by atoms with Gasteiger partial charge in [0.25, 0.3) is 0 Å². The van der Waals surface area contributed by atoms with Crippen LogP contribution in [0.3, 0.4) is 0 Å². The molecule has 2 heteroatoms. The van der Waals surface area contributed by atoms with Gasteiger partial charge < -0.3 is 10.2 Å². The van der Waals surface area contributed by atoms with Gasteiger partial charge in [-0.05, 0) is 63.6 Å². The van der Waals surface area contributed by atoms with Gasteiger partial charge >= 0.3 is 0 Å². The minimum absolute atomic E-state index is 0.633. The molecule has 3 rings (SSSR count). The lowest BCUT2D eigenvalue weighted by atomic mass is 9.63. The predicted octanol–water partition coefficient (Wildman–Crippen LogP) is 4.30. The molecule has 3 aliphatic rings. The molecule has 120 valence electrons. The topological polar surface area (TPSA) is 15.3 Å². The maximum atomic E-state index is 3.61. The molecule has 2 nitrogen and oxygen atoms in total. The van der Waals surface area contributed by atoms with Crippen LogP contribution in [-0.4, -0.2) is 36.6 Å². The first kappa shape index (κ1) is 18.0. The highest BCUT2D eigenvalue weighted by atomic mass is 15.1. The highest BCUT2D eigenvalue weighted by Gasteiger charge is 2.48. The van der Waals surface area contributed by atoms with Crippen molar-refractivity contribution in [3.63, 3.8) is 0 Å². The fourth-order valence-electron chi connectivity index (χ4n) is 3.61. The standard InChI is InChI=1S/C13H24N2.C3H8.C2H6/c1-11-2-6-15(7-3-11)10-12-8-13(9-12)4-5-14-13;1-3-2;1-2/h11-12,14H,2-10H2,1H3;3H2,1-2H3;1-2H3. The van der Waals surface area contributed by atoms with Gasteiger partial charge in [-0.3, -0.25) is 0 Å². The van der Waals surface area contributed by atoms with Gasteiger partial charge in [0, 0.05) is 12.1 Å². The van der Waals surface area contributed by atoms with Crippen molar-refractivity contribution in [2.45, 2.75) is 78.7 Å². The van der Waals surface area contributed by atoms with Crippen LogP contribution in [0.25, 0.3) is 0 Å². The first-order chi connectivity index (χ1) is 9.67. The maximum Gasteiger partial charge on any atom is 0.0199 e. The summed E-state index contributed by atoms with van der Waals surface area (Å²) >= 11 is 0. The Kier molecular flexibility index (Phi) is 8.13. The number of hydrogen-bond acceptors (Lipinski definition) is 2. The van der Waals surface area contributed by atoms with E-state index in [2.05, 4.69) is 31.0 Å². The number of nitrogens with zero attached hydrogens (tertiary/aromatic N) is 1. The van der Waals surface area contributed by atoms with Gasteiger partial charge in [-0.15, -0.1) is 0 Å². The van der Waals surface area contributed by atoms with Gasteiger partial charge in [-0.2, -0.15) is 0 Å². The maximum absolute atomic E-state index is 3.61. The summed E-state index contributed by atoms with van der Waals surface area (Å²) in [4.78, 5) is 2.70. The fourth-order valence-corrected chi connectivity index (χ4v) is 3.61. The minimum atomic E-state index is 0.633. The van der Waals surface area contributed by atoms with Crippen LogP contribution < -0.4 is 5.32 Å². The summed E-state index contributed by atoms with van der Waals surface area (Å²) in [6.07, 6.45) is 8.46. The highest BCUT2D eigenvalue weighted by Crippen LogP contribution is 2.44. The molecule has 0 aromatic rings. The first-order valence-corrected chi connectivity index (χ1v) is 9.15. The van der Waals surface area contributed by atoms with E-state index in [4.69, 9.17) is 0 Å². The molecule has 20 heavy (non-hydrogen) atoms. The van der Waals surface area contributed by atoms with Crippen molar-refractivity contribution in [3.05, 3.63) is 0 Å². The Balaban J connectivity index is 0.000000357. The predicted molar refractivity (Wildman–Crippen MR) is 90.2 cm³/mol. The van der Waals surface area contributed by atoms with Crippen molar-refractivity contribution >= 4 is 0 Å². The van der Waals surface area contributed by atoms with Crippen LogP contribution in [0.15, 0.2) is 0 Å². The third kappa shape index (κ3) is 5.04. The summed E-state index contributed by atoms with van der Waals surface area (Å²) in [6, 6.07) is 0. The van der Waals surface area contributed by atoms with Crippen LogP contribution in [0, 0.1) is 11.8 Å². The van der Waals surface area contributed by atoms with E-state index >= 15 is 0 Å². The summed E-state index contributed by atoms with van der Waals surface area (Å²) in [5.41, 5.74) is 0.633. The quantitative estimate of drug-likeness (QED) is 0.812. The summed E-state index contributed by atoms with van der Waals surface area (Å²) in [5, 5.41) is 3.61. The van der Waals surface area contributed by atoms with Crippen molar-refractivity contribution in [2.24, 2.45) is 11.8 Å². The molecule has 2 aliphatic heterocycles. The first-order valence-electron chi connectivity index (χ1n) is 9.15. The average molecular weight is 283 g/mol. The summed E-state index contributed by atoms with van der Waals surface area (Å²) in [5.74, 6) is 1.98. The van der Waals surface area contributed by atoms with Crippen molar-refractivity contribution in [3.8, 4) is 0 Å². The second-order valence-electron chi connectivity index (χ2n) is 6.92. The lowest BCUT2D eigenvalue weighted by Crippen LogP contribution is -2.65. The van der Waals surface area contributed by atoms with Crippen molar-refractivity contribution in [1.82, 2.24) is 10.2 Å². The molecule has 1 aliphatic carbocycles. The zero-order chi connectivity index (χ0) is 15.0. The molecular formula is C18H38N2. The molecule has 2 heterocycles. The third-order valence-corrected chi connectivity index (χ3v) is 4.86. The molecule has 3 fully saturated rings. The Bertz CT molecular complexity index is 232. The zero-order valence-electron chi connectivity index (χ0n) is 14.7. The van der Waals surface area contributed by atoms with Gasteiger partial charge in [0.05, 0.1) is 0 Å².